The Morgan fingerprint density at radius 3 is 2.30 bits per heavy atom. The van der Waals surface area contributed by atoms with Crippen molar-refractivity contribution in [2.24, 2.45) is 0 Å². The predicted octanol–water partition coefficient (Wildman–Crippen LogP) is 4.20. The van der Waals surface area contributed by atoms with Crippen LogP contribution < -0.4 is 4.74 Å². The Morgan fingerprint density at radius 1 is 1.10 bits per heavy atom. The second-order valence-electron chi connectivity index (χ2n) is 7.19. The minimum absolute atomic E-state index is 0.00433. The number of aliphatic hydroxyl groups is 1. The van der Waals surface area contributed by atoms with E-state index in [0.29, 0.717) is 21.9 Å². The molecule has 6 nitrogen and oxygen atoms in total. The van der Waals surface area contributed by atoms with Gasteiger partial charge in [0.05, 0.1) is 31.4 Å². The summed E-state index contributed by atoms with van der Waals surface area (Å²) in [6, 6.07) is 12.8. The molecule has 1 fully saturated rings. The number of Topliss-reactive ketones (excluding diaryl/α,β-unsaturated/α-hetero) is 1. The van der Waals surface area contributed by atoms with Crippen molar-refractivity contribution in [1.29, 1.82) is 0 Å². The van der Waals surface area contributed by atoms with E-state index in [1.807, 2.05) is 13.8 Å². The zero-order chi connectivity index (χ0) is 21.8. The van der Waals surface area contributed by atoms with E-state index in [1.54, 1.807) is 55.6 Å². The van der Waals surface area contributed by atoms with Gasteiger partial charge in [-0.15, -0.1) is 0 Å². The minimum Gasteiger partial charge on any atom is -0.507 e. The second kappa shape index (κ2) is 9.32. The van der Waals surface area contributed by atoms with Crippen LogP contribution in [0.4, 0.5) is 0 Å². The molecule has 7 heteroatoms. The van der Waals surface area contributed by atoms with Crippen LogP contribution in [-0.4, -0.2) is 48.1 Å². The molecule has 2 aromatic carbocycles. The van der Waals surface area contributed by atoms with E-state index >= 15 is 0 Å². The number of carbonyl (C=O) groups is 2. The van der Waals surface area contributed by atoms with Crippen LogP contribution in [0.1, 0.15) is 31.0 Å². The van der Waals surface area contributed by atoms with Gasteiger partial charge in [-0.3, -0.25) is 9.59 Å². The van der Waals surface area contributed by atoms with Gasteiger partial charge >= 0.3 is 0 Å². The number of ketones is 1. The number of nitrogens with zero attached hydrogens (tertiary/aromatic N) is 1. The molecule has 3 rings (SSSR count). The van der Waals surface area contributed by atoms with Crippen molar-refractivity contribution in [2.45, 2.75) is 26.0 Å². The Hall–Kier alpha value is -2.83. The fraction of sp³-hybridized carbons (Fsp3) is 0.304. The molecule has 0 aliphatic carbocycles. The summed E-state index contributed by atoms with van der Waals surface area (Å²) < 4.78 is 10.8. The van der Waals surface area contributed by atoms with Crippen LogP contribution in [0.25, 0.3) is 5.76 Å². The third-order valence-electron chi connectivity index (χ3n) is 4.87. The highest BCUT2D eigenvalue weighted by Gasteiger charge is 2.45. The highest BCUT2D eigenvalue weighted by Crippen LogP contribution is 2.39. The van der Waals surface area contributed by atoms with E-state index in [2.05, 4.69) is 0 Å². The fourth-order valence-electron chi connectivity index (χ4n) is 3.39. The predicted molar refractivity (Wildman–Crippen MR) is 115 cm³/mol. The number of ether oxygens (including phenoxy) is 2. The van der Waals surface area contributed by atoms with Gasteiger partial charge in [0, 0.05) is 17.1 Å². The monoisotopic (exact) mass is 429 g/mol. The summed E-state index contributed by atoms with van der Waals surface area (Å²) >= 11 is 5.93. The zero-order valence-corrected chi connectivity index (χ0v) is 17.8. The summed E-state index contributed by atoms with van der Waals surface area (Å²) in [5.74, 6) is -0.985. The molecular formula is C23H24ClNO5. The van der Waals surface area contributed by atoms with Gasteiger partial charge in [0.2, 0.25) is 0 Å². The van der Waals surface area contributed by atoms with Crippen LogP contribution in [-0.2, 0) is 14.3 Å². The average Bonchev–Trinajstić information content (AvgIpc) is 2.98. The Kier molecular flexibility index (Phi) is 6.80. The van der Waals surface area contributed by atoms with E-state index < -0.39 is 17.7 Å². The largest absolute Gasteiger partial charge is 0.507 e. The maximum atomic E-state index is 12.9. The molecule has 1 atom stereocenters. The van der Waals surface area contributed by atoms with Crippen molar-refractivity contribution in [2.75, 3.05) is 20.3 Å². The second-order valence-corrected chi connectivity index (χ2v) is 7.63. The number of hydrogen-bond donors (Lipinski definition) is 1. The first-order valence-corrected chi connectivity index (χ1v) is 10.0. The molecule has 0 spiro atoms. The van der Waals surface area contributed by atoms with Gasteiger partial charge in [0.15, 0.2) is 0 Å². The quantitative estimate of drug-likeness (QED) is 0.405. The van der Waals surface area contributed by atoms with Gasteiger partial charge in [-0.25, -0.2) is 0 Å². The molecule has 158 valence electrons. The van der Waals surface area contributed by atoms with Crippen LogP contribution in [0.3, 0.4) is 0 Å². The number of aliphatic hydroxyl groups excluding tert-OH is 1. The SMILES string of the molecule is COc1ccc(C2/C(=C(/O)c3ccc(Cl)cc3)C(=O)C(=O)N2CCOC(C)C)cc1. The molecule has 1 aliphatic rings. The van der Waals surface area contributed by atoms with Crippen molar-refractivity contribution in [3.8, 4) is 5.75 Å². The van der Waals surface area contributed by atoms with E-state index in [1.165, 1.54) is 4.90 Å². The van der Waals surface area contributed by atoms with Crippen molar-refractivity contribution in [1.82, 2.24) is 4.90 Å². The first kappa shape index (κ1) is 21.9. The number of likely N-dealkylation sites (tertiary alicyclic amines) is 1. The smallest absolute Gasteiger partial charge is 0.295 e. The van der Waals surface area contributed by atoms with E-state index in [-0.39, 0.29) is 30.6 Å². The third-order valence-corrected chi connectivity index (χ3v) is 5.12. The Labute approximate surface area is 180 Å². The number of halogens is 1. The van der Waals surface area contributed by atoms with Crippen LogP contribution in [0.5, 0.6) is 5.75 Å². The number of rotatable bonds is 7. The van der Waals surface area contributed by atoms with Gasteiger partial charge in [-0.05, 0) is 55.8 Å². The van der Waals surface area contributed by atoms with Crippen LogP contribution in [0.15, 0.2) is 54.1 Å². The summed E-state index contributed by atoms with van der Waals surface area (Å²) in [5.41, 5.74) is 1.14. The Balaban J connectivity index is 2.07. The molecule has 0 radical (unpaired) electrons. The van der Waals surface area contributed by atoms with Crippen molar-refractivity contribution >= 4 is 29.1 Å². The maximum absolute atomic E-state index is 12.9. The van der Waals surface area contributed by atoms with E-state index in [0.717, 1.165) is 0 Å². The van der Waals surface area contributed by atoms with Gasteiger partial charge in [0.1, 0.15) is 11.5 Å². The molecule has 0 bridgehead atoms. The maximum Gasteiger partial charge on any atom is 0.295 e. The molecule has 2 aromatic rings. The summed E-state index contributed by atoms with van der Waals surface area (Å²) in [7, 11) is 1.56. The van der Waals surface area contributed by atoms with Crippen molar-refractivity contribution < 1.29 is 24.2 Å². The van der Waals surface area contributed by atoms with Crippen LogP contribution in [0, 0.1) is 0 Å². The lowest BCUT2D eigenvalue weighted by atomic mass is 9.95. The molecule has 1 heterocycles. The molecular weight excluding hydrogens is 406 g/mol. The Morgan fingerprint density at radius 2 is 1.73 bits per heavy atom. The molecule has 1 saturated heterocycles. The van der Waals surface area contributed by atoms with E-state index in [9.17, 15) is 14.7 Å². The van der Waals surface area contributed by atoms with Gasteiger partial charge in [-0.1, -0.05) is 23.7 Å². The number of amides is 1. The third kappa shape index (κ3) is 4.50. The zero-order valence-electron chi connectivity index (χ0n) is 17.1. The topological polar surface area (TPSA) is 76.1 Å². The molecule has 1 N–H and O–H groups in total. The molecule has 1 aliphatic heterocycles. The molecule has 0 saturated carbocycles. The highest BCUT2D eigenvalue weighted by atomic mass is 35.5. The van der Waals surface area contributed by atoms with Crippen LogP contribution >= 0.6 is 11.6 Å². The number of hydrogen-bond acceptors (Lipinski definition) is 5. The number of benzene rings is 2. The highest BCUT2D eigenvalue weighted by molar-refractivity contribution is 6.46. The normalized spacial score (nSPS) is 18.3. The lowest BCUT2D eigenvalue weighted by Gasteiger charge is -2.25. The molecule has 0 aromatic heterocycles. The van der Waals surface area contributed by atoms with Crippen molar-refractivity contribution in [3.05, 3.63) is 70.3 Å². The lowest BCUT2D eigenvalue weighted by molar-refractivity contribution is -0.140. The Bertz CT molecular complexity index is 951. The van der Waals surface area contributed by atoms with Gasteiger partial charge in [-0.2, -0.15) is 0 Å². The summed E-state index contributed by atoms with van der Waals surface area (Å²) in [4.78, 5) is 27.2. The molecule has 1 unspecified atom stereocenters. The first-order chi connectivity index (χ1) is 14.3. The standard InChI is InChI=1S/C23H24ClNO5/c1-14(2)30-13-12-25-20(15-6-10-18(29-3)11-7-15)19(22(27)23(25)28)21(26)16-4-8-17(24)9-5-16/h4-11,14,20,26H,12-13H2,1-3H3/b21-19-. The lowest BCUT2D eigenvalue weighted by Crippen LogP contribution is -2.33. The fourth-order valence-corrected chi connectivity index (χ4v) is 3.52. The van der Waals surface area contributed by atoms with Gasteiger partial charge < -0.3 is 19.5 Å². The molecule has 30 heavy (non-hydrogen) atoms. The van der Waals surface area contributed by atoms with Gasteiger partial charge in [0.25, 0.3) is 11.7 Å². The summed E-state index contributed by atoms with van der Waals surface area (Å²) in [6.45, 7) is 4.29. The van der Waals surface area contributed by atoms with Crippen molar-refractivity contribution in [3.63, 3.8) is 0 Å². The number of methoxy groups -OCH3 is 1. The molecule has 1 amide bonds. The number of carbonyl (C=O) groups excluding carboxylic acids is 2. The van der Waals surface area contributed by atoms with Crippen LogP contribution in [0.2, 0.25) is 5.02 Å². The summed E-state index contributed by atoms with van der Waals surface area (Å²) in [5, 5.41) is 11.4. The van der Waals surface area contributed by atoms with E-state index in [4.69, 9.17) is 21.1 Å². The summed E-state index contributed by atoms with van der Waals surface area (Å²) in [6.07, 6.45) is -0.00433. The minimum atomic E-state index is -0.734. The average molecular weight is 430 g/mol. The first-order valence-electron chi connectivity index (χ1n) is 9.63.